The largest absolute Gasteiger partial charge is 0.360 e. The Morgan fingerprint density at radius 1 is 1.30 bits per heavy atom. The maximum Gasteiger partial charge on any atom is 0.259 e. The summed E-state index contributed by atoms with van der Waals surface area (Å²) < 4.78 is 0. The molecule has 2 N–H and O–H groups in total. The van der Waals surface area contributed by atoms with E-state index in [1.54, 1.807) is 6.20 Å². The van der Waals surface area contributed by atoms with Gasteiger partial charge in [-0.05, 0) is 18.9 Å². The summed E-state index contributed by atoms with van der Waals surface area (Å²) in [5.74, 6) is 0.409. The average molecular weight is 284 g/mol. The minimum Gasteiger partial charge on any atom is -0.360 e. The van der Waals surface area contributed by atoms with Crippen LogP contribution in [0.25, 0.3) is 10.9 Å². The third kappa shape index (κ3) is 1.98. The Hall–Kier alpha value is -2.21. The number of fused-ring (bicyclic) bond motifs is 1. The molecule has 3 aromatic rings. The lowest BCUT2D eigenvalue weighted by Gasteiger charge is -1.99. The standard InChI is InChI=1S/C14H12N4OS/c19-12(10-7-15-11-4-2-1-3-9(10)11)16-14-18-17-13(20-14)8-5-6-8/h1-4,7-8,15H,5-6H2,(H,16,18,19). The first-order valence-electron chi connectivity index (χ1n) is 6.52. The summed E-state index contributed by atoms with van der Waals surface area (Å²) >= 11 is 1.47. The second-order valence-corrected chi connectivity index (χ2v) is 5.93. The number of nitrogens with zero attached hydrogens (tertiary/aromatic N) is 2. The summed E-state index contributed by atoms with van der Waals surface area (Å²) in [6.07, 6.45) is 4.10. The van der Waals surface area contributed by atoms with Gasteiger partial charge in [0, 0.05) is 23.0 Å². The molecule has 0 unspecified atom stereocenters. The van der Waals surface area contributed by atoms with Gasteiger partial charge in [-0.2, -0.15) is 0 Å². The van der Waals surface area contributed by atoms with E-state index in [-0.39, 0.29) is 5.91 Å². The topological polar surface area (TPSA) is 70.7 Å². The zero-order valence-electron chi connectivity index (χ0n) is 10.6. The smallest absolute Gasteiger partial charge is 0.259 e. The molecule has 1 aliphatic carbocycles. The first kappa shape index (κ1) is 11.6. The monoisotopic (exact) mass is 284 g/mol. The molecule has 0 atom stereocenters. The number of aromatic amines is 1. The molecule has 5 nitrogen and oxygen atoms in total. The fourth-order valence-corrected chi connectivity index (χ4v) is 3.11. The number of para-hydroxylation sites is 1. The Balaban J connectivity index is 1.59. The Morgan fingerprint density at radius 2 is 2.15 bits per heavy atom. The summed E-state index contributed by atoms with van der Waals surface area (Å²) in [7, 11) is 0. The molecule has 0 spiro atoms. The fraction of sp³-hybridized carbons (Fsp3) is 0.214. The molecule has 0 aliphatic heterocycles. The summed E-state index contributed by atoms with van der Waals surface area (Å²) in [4.78, 5) is 15.4. The third-order valence-electron chi connectivity index (χ3n) is 3.42. The van der Waals surface area contributed by atoms with Gasteiger partial charge in [0.05, 0.1) is 5.56 Å². The van der Waals surface area contributed by atoms with Gasteiger partial charge >= 0.3 is 0 Å². The van der Waals surface area contributed by atoms with Crippen molar-refractivity contribution in [1.82, 2.24) is 15.2 Å². The van der Waals surface area contributed by atoms with Gasteiger partial charge in [0.15, 0.2) is 0 Å². The number of carbonyl (C=O) groups excluding carboxylic acids is 1. The summed E-state index contributed by atoms with van der Waals surface area (Å²) in [5.41, 5.74) is 1.58. The SMILES string of the molecule is O=C(Nc1nnc(C2CC2)s1)c1c[nH]c2ccccc12. The minimum absolute atomic E-state index is 0.152. The van der Waals surface area contributed by atoms with Crippen molar-refractivity contribution < 1.29 is 4.79 Å². The van der Waals surface area contributed by atoms with Crippen molar-refractivity contribution in [3.63, 3.8) is 0 Å². The number of rotatable bonds is 3. The Kier molecular flexibility index (Phi) is 2.56. The lowest BCUT2D eigenvalue weighted by atomic mass is 10.2. The molecule has 20 heavy (non-hydrogen) atoms. The fourth-order valence-electron chi connectivity index (χ4n) is 2.20. The van der Waals surface area contributed by atoms with Gasteiger partial charge in [0.25, 0.3) is 5.91 Å². The average Bonchev–Trinajstić information content (AvgIpc) is 3.06. The maximum atomic E-state index is 12.3. The van der Waals surface area contributed by atoms with Gasteiger partial charge in [-0.25, -0.2) is 0 Å². The van der Waals surface area contributed by atoms with E-state index in [1.807, 2.05) is 24.3 Å². The molecule has 100 valence electrons. The normalized spacial score (nSPS) is 14.6. The van der Waals surface area contributed by atoms with E-state index in [0.717, 1.165) is 15.9 Å². The van der Waals surface area contributed by atoms with Gasteiger partial charge in [0.1, 0.15) is 5.01 Å². The number of benzene rings is 1. The van der Waals surface area contributed by atoms with Crippen LogP contribution in [-0.4, -0.2) is 21.1 Å². The summed E-state index contributed by atoms with van der Waals surface area (Å²) in [5, 5.41) is 13.5. The number of nitrogens with one attached hydrogen (secondary N) is 2. The number of amides is 1. The van der Waals surface area contributed by atoms with Crippen LogP contribution in [-0.2, 0) is 0 Å². The first-order valence-corrected chi connectivity index (χ1v) is 7.34. The minimum atomic E-state index is -0.152. The van der Waals surface area contributed by atoms with Crippen LogP contribution in [0.2, 0.25) is 0 Å². The molecule has 0 radical (unpaired) electrons. The number of hydrogen-bond acceptors (Lipinski definition) is 4. The van der Waals surface area contributed by atoms with Crippen LogP contribution in [0.1, 0.15) is 34.1 Å². The molecule has 1 amide bonds. The summed E-state index contributed by atoms with van der Waals surface area (Å²) in [6, 6.07) is 7.73. The molecule has 2 aromatic heterocycles. The molecule has 1 aliphatic rings. The molecular weight excluding hydrogens is 272 g/mol. The van der Waals surface area contributed by atoms with Crippen molar-refractivity contribution >= 4 is 33.3 Å². The Morgan fingerprint density at radius 3 is 3.00 bits per heavy atom. The van der Waals surface area contributed by atoms with Crippen LogP contribution in [0, 0.1) is 0 Å². The Labute approximate surface area is 119 Å². The first-order chi connectivity index (χ1) is 9.81. The van der Waals surface area contributed by atoms with Gasteiger partial charge in [-0.1, -0.05) is 29.5 Å². The van der Waals surface area contributed by atoms with Gasteiger partial charge < -0.3 is 4.98 Å². The molecule has 1 fully saturated rings. The lowest BCUT2D eigenvalue weighted by Crippen LogP contribution is -2.11. The number of carbonyl (C=O) groups is 1. The van der Waals surface area contributed by atoms with E-state index in [2.05, 4.69) is 20.5 Å². The van der Waals surface area contributed by atoms with E-state index >= 15 is 0 Å². The molecule has 1 aromatic carbocycles. The number of hydrogen-bond donors (Lipinski definition) is 2. The van der Waals surface area contributed by atoms with Crippen LogP contribution in [0.15, 0.2) is 30.5 Å². The van der Waals surface area contributed by atoms with Crippen LogP contribution in [0.5, 0.6) is 0 Å². The van der Waals surface area contributed by atoms with Crippen molar-refractivity contribution in [1.29, 1.82) is 0 Å². The quantitative estimate of drug-likeness (QED) is 0.776. The highest BCUT2D eigenvalue weighted by atomic mass is 32.1. The van der Waals surface area contributed by atoms with E-state index in [0.29, 0.717) is 16.6 Å². The molecule has 0 bridgehead atoms. The molecule has 6 heteroatoms. The molecule has 0 saturated heterocycles. The van der Waals surface area contributed by atoms with E-state index in [9.17, 15) is 4.79 Å². The highest BCUT2D eigenvalue weighted by molar-refractivity contribution is 7.15. The van der Waals surface area contributed by atoms with Crippen molar-refractivity contribution in [2.24, 2.45) is 0 Å². The van der Waals surface area contributed by atoms with E-state index < -0.39 is 0 Å². The van der Waals surface area contributed by atoms with Crippen molar-refractivity contribution in [3.05, 3.63) is 41.0 Å². The Bertz CT molecular complexity index is 787. The second kappa shape index (κ2) is 4.42. The van der Waals surface area contributed by atoms with Crippen molar-refractivity contribution in [3.8, 4) is 0 Å². The predicted octanol–water partition coefficient (Wildman–Crippen LogP) is 3.15. The molecule has 4 rings (SSSR count). The molecular formula is C14H12N4OS. The van der Waals surface area contributed by atoms with Crippen LogP contribution < -0.4 is 5.32 Å². The second-order valence-electron chi connectivity index (χ2n) is 4.92. The zero-order chi connectivity index (χ0) is 13.5. The van der Waals surface area contributed by atoms with Gasteiger partial charge in [0.2, 0.25) is 5.13 Å². The van der Waals surface area contributed by atoms with Crippen LogP contribution in [0.4, 0.5) is 5.13 Å². The maximum absolute atomic E-state index is 12.3. The lowest BCUT2D eigenvalue weighted by molar-refractivity contribution is 0.102. The molecule has 2 heterocycles. The number of aromatic nitrogens is 3. The predicted molar refractivity (Wildman–Crippen MR) is 78.1 cm³/mol. The number of H-pyrrole nitrogens is 1. The third-order valence-corrected chi connectivity index (χ3v) is 4.42. The highest BCUT2D eigenvalue weighted by Gasteiger charge is 2.27. The molecule has 1 saturated carbocycles. The van der Waals surface area contributed by atoms with Gasteiger partial charge in [-0.15, -0.1) is 10.2 Å². The van der Waals surface area contributed by atoms with E-state index in [1.165, 1.54) is 24.2 Å². The van der Waals surface area contributed by atoms with Crippen LogP contribution >= 0.6 is 11.3 Å². The highest BCUT2D eigenvalue weighted by Crippen LogP contribution is 2.42. The zero-order valence-corrected chi connectivity index (χ0v) is 11.4. The van der Waals surface area contributed by atoms with Crippen LogP contribution in [0.3, 0.4) is 0 Å². The van der Waals surface area contributed by atoms with Crippen molar-refractivity contribution in [2.45, 2.75) is 18.8 Å². The summed E-state index contributed by atoms with van der Waals surface area (Å²) in [6.45, 7) is 0. The van der Waals surface area contributed by atoms with Gasteiger partial charge in [-0.3, -0.25) is 10.1 Å². The van der Waals surface area contributed by atoms with Crippen molar-refractivity contribution in [2.75, 3.05) is 5.32 Å². The van der Waals surface area contributed by atoms with E-state index in [4.69, 9.17) is 0 Å². The number of anilines is 1.